The van der Waals surface area contributed by atoms with Crippen LogP contribution < -0.4 is 0 Å². The summed E-state index contributed by atoms with van der Waals surface area (Å²) >= 11 is 0. The summed E-state index contributed by atoms with van der Waals surface area (Å²) in [5.41, 5.74) is -7.25. The second-order valence-corrected chi connectivity index (χ2v) is 26.7. The molecular formula is C61H96O27. The first-order chi connectivity index (χ1) is 41.7. The summed E-state index contributed by atoms with van der Waals surface area (Å²) < 4.78 is 86.2. The molecule has 0 radical (unpaired) electrons. The molecule has 27 nitrogen and oxygen atoms in total. The predicted molar refractivity (Wildman–Crippen MR) is 299 cm³/mol. The number of rotatable bonds is 18. The average Bonchev–Trinajstić information content (AvgIpc) is 1.35. The fourth-order valence-electron chi connectivity index (χ4n) is 16.9. The maximum atomic E-state index is 13.8. The van der Waals surface area contributed by atoms with E-state index in [0.29, 0.717) is 37.7 Å². The molecule has 0 bridgehead atoms. The molecule has 0 spiro atoms. The molecule has 10 rings (SSSR count). The van der Waals surface area contributed by atoms with Crippen molar-refractivity contribution >= 4 is 5.97 Å². The first-order valence-electron chi connectivity index (χ1n) is 31.2. The zero-order valence-electron chi connectivity index (χ0n) is 51.5. The predicted octanol–water partition coefficient (Wildman–Crippen LogP) is -1.21. The first kappa shape index (κ1) is 68.5. The van der Waals surface area contributed by atoms with E-state index < -0.39 is 206 Å². The molecule has 0 aromatic heterocycles. The maximum Gasteiger partial charge on any atom is 0.338 e. The standard InChI is InChI=1S/C61H96O27/c1-27-48(34(75-7)22-40(78-27)81-33-16-17-57(5)32(21-33)15-18-60(73)38(57)24-39(84-53(71)31-13-11-10-12-14-31)58(6)59(72,30(4)64)19-20-61(58,60)74)85-41-23-35(76-8)49(28(2)79-41)86-56-47(70)52(77-9)50(29(3)80-56)87-55-46(69)44(67)51(37(26-63)83-55)88-54-45(68)43(66)42(65)36(25-62)82-54/h10-14,27-30,32-52,54-56,62-70,72-74H,15-26H2,1-9H3. The van der Waals surface area contributed by atoms with Crippen molar-refractivity contribution in [3.63, 3.8) is 0 Å². The Morgan fingerprint density at radius 1 is 0.580 bits per heavy atom. The van der Waals surface area contributed by atoms with Crippen LogP contribution in [0, 0.1) is 22.7 Å². The summed E-state index contributed by atoms with van der Waals surface area (Å²) in [4.78, 5) is 13.8. The lowest BCUT2D eigenvalue weighted by molar-refractivity contribution is -0.385. The quantitative estimate of drug-likeness (QED) is 0.0606. The Kier molecular flexibility index (Phi) is 20.9. The molecule has 502 valence electrons. The Bertz CT molecular complexity index is 2470. The summed E-state index contributed by atoms with van der Waals surface area (Å²) in [5.74, 6) is -1.10. The molecule has 1 aromatic carbocycles. The highest BCUT2D eigenvalue weighted by Gasteiger charge is 2.82. The van der Waals surface area contributed by atoms with E-state index in [0.717, 1.165) is 0 Å². The number of carbonyl (C=O) groups is 1. The highest BCUT2D eigenvalue weighted by molar-refractivity contribution is 5.89. The van der Waals surface area contributed by atoms with Crippen molar-refractivity contribution in [3.8, 4) is 0 Å². The zero-order chi connectivity index (χ0) is 63.7. The van der Waals surface area contributed by atoms with Gasteiger partial charge in [0.2, 0.25) is 0 Å². The first-order valence-corrected chi connectivity index (χ1v) is 31.2. The second-order valence-electron chi connectivity index (χ2n) is 26.7. The van der Waals surface area contributed by atoms with Crippen LogP contribution in [0.5, 0.6) is 0 Å². The van der Waals surface area contributed by atoms with E-state index in [-0.39, 0.29) is 44.1 Å². The van der Waals surface area contributed by atoms with Gasteiger partial charge < -0.3 is 128 Å². The van der Waals surface area contributed by atoms with Crippen molar-refractivity contribution in [2.45, 2.75) is 282 Å². The molecule has 0 amide bonds. The van der Waals surface area contributed by atoms with Gasteiger partial charge in [0.25, 0.3) is 0 Å². The van der Waals surface area contributed by atoms with Crippen molar-refractivity contribution in [1.82, 2.24) is 0 Å². The number of fused-ring (bicyclic) bond motifs is 5. The number of benzene rings is 1. The fourth-order valence-corrected chi connectivity index (χ4v) is 16.9. The van der Waals surface area contributed by atoms with Crippen molar-refractivity contribution in [1.29, 1.82) is 0 Å². The third-order valence-corrected chi connectivity index (χ3v) is 22.2. The molecule has 9 fully saturated rings. The van der Waals surface area contributed by atoms with Crippen LogP contribution in [0.4, 0.5) is 0 Å². The van der Waals surface area contributed by atoms with Crippen LogP contribution in [0.15, 0.2) is 30.3 Å². The molecule has 5 saturated heterocycles. The molecular weight excluding hydrogens is 1160 g/mol. The van der Waals surface area contributed by atoms with Gasteiger partial charge in [-0.3, -0.25) is 0 Å². The van der Waals surface area contributed by atoms with Crippen LogP contribution in [0.1, 0.15) is 116 Å². The van der Waals surface area contributed by atoms with Gasteiger partial charge in [-0.05, 0) is 108 Å². The van der Waals surface area contributed by atoms with Gasteiger partial charge in [0.15, 0.2) is 31.5 Å². The minimum atomic E-state index is -1.90. The van der Waals surface area contributed by atoms with Gasteiger partial charge in [-0.2, -0.15) is 0 Å². The molecule has 33 unspecified atom stereocenters. The van der Waals surface area contributed by atoms with Crippen LogP contribution in [0.25, 0.3) is 0 Å². The molecule has 5 aliphatic heterocycles. The summed E-state index contributed by atoms with van der Waals surface area (Å²) in [6, 6.07) is 8.52. The number of esters is 1. The van der Waals surface area contributed by atoms with Gasteiger partial charge in [-0.15, -0.1) is 0 Å². The van der Waals surface area contributed by atoms with E-state index in [1.54, 1.807) is 58.2 Å². The van der Waals surface area contributed by atoms with Crippen molar-refractivity contribution in [2.75, 3.05) is 34.5 Å². The van der Waals surface area contributed by atoms with Crippen LogP contribution in [0.2, 0.25) is 0 Å². The van der Waals surface area contributed by atoms with Gasteiger partial charge >= 0.3 is 5.97 Å². The van der Waals surface area contributed by atoms with Crippen LogP contribution in [0.3, 0.4) is 0 Å². The van der Waals surface area contributed by atoms with Gasteiger partial charge in [0, 0.05) is 34.2 Å². The fraction of sp³-hybridized carbons (Fsp3) is 0.885. The highest BCUT2D eigenvalue weighted by atomic mass is 16.8. The number of hydrogen-bond acceptors (Lipinski definition) is 27. The Labute approximate surface area is 512 Å². The monoisotopic (exact) mass is 1260 g/mol. The van der Waals surface area contributed by atoms with E-state index in [4.69, 9.17) is 66.3 Å². The molecule has 88 heavy (non-hydrogen) atoms. The second kappa shape index (κ2) is 26.8. The molecule has 5 heterocycles. The average molecular weight is 1260 g/mol. The highest BCUT2D eigenvalue weighted by Crippen LogP contribution is 2.72. The van der Waals surface area contributed by atoms with E-state index in [9.17, 15) is 66.1 Å². The summed E-state index contributed by atoms with van der Waals surface area (Å²) in [7, 11) is 4.43. The number of methoxy groups -OCH3 is 3. The van der Waals surface area contributed by atoms with Gasteiger partial charge in [0.05, 0.1) is 72.5 Å². The maximum absolute atomic E-state index is 13.8. The van der Waals surface area contributed by atoms with Crippen molar-refractivity contribution in [3.05, 3.63) is 35.9 Å². The molecule has 1 aromatic rings. The lowest BCUT2D eigenvalue weighted by Crippen LogP contribution is -2.79. The van der Waals surface area contributed by atoms with Crippen LogP contribution in [-0.2, 0) is 66.3 Å². The smallest absolute Gasteiger partial charge is 0.338 e. The third-order valence-electron chi connectivity index (χ3n) is 22.2. The molecule has 4 aliphatic carbocycles. The Hall–Kier alpha value is -2.31. The van der Waals surface area contributed by atoms with Crippen LogP contribution in [-0.4, -0.2) is 278 Å². The van der Waals surface area contributed by atoms with E-state index in [2.05, 4.69) is 6.92 Å². The van der Waals surface area contributed by atoms with Crippen molar-refractivity contribution < 1.29 is 132 Å². The van der Waals surface area contributed by atoms with Crippen LogP contribution >= 0.6 is 0 Å². The van der Waals surface area contributed by atoms with Crippen molar-refractivity contribution in [2.24, 2.45) is 22.7 Å². The topological polar surface area (TPSA) is 389 Å². The molecule has 9 aliphatic rings. The number of aliphatic hydroxyl groups is 12. The van der Waals surface area contributed by atoms with Gasteiger partial charge in [0.1, 0.15) is 96.7 Å². The number of carbonyl (C=O) groups excluding carboxylic acids is 1. The molecule has 12 N–H and O–H groups in total. The number of hydrogen-bond donors (Lipinski definition) is 12. The Morgan fingerprint density at radius 2 is 1.14 bits per heavy atom. The lowest BCUT2D eigenvalue weighted by Gasteiger charge is -2.69. The van der Waals surface area contributed by atoms with Gasteiger partial charge in [-0.1, -0.05) is 32.0 Å². The molecule has 27 heteroatoms. The number of aliphatic hydroxyl groups excluding tert-OH is 9. The van der Waals surface area contributed by atoms with Gasteiger partial charge in [-0.25, -0.2) is 4.79 Å². The van der Waals surface area contributed by atoms with E-state index in [1.807, 2.05) is 6.92 Å². The Morgan fingerprint density at radius 3 is 1.74 bits per heavy atom. The summed E-state index contributed by atoms with van der Waals surface area (Å²) in [5, 5.41) is 135. The minimum absolute atomic E-state index is 0.00589. The normalized spacial score (nSPS) is 51.8. The van der Waals surface area contributed by atoms with E-state index in [1.165, 1.54) is 21.1 Å². The summed E-state index contributed by atoms with van der Waals surface area (Å²) in [6.45, 7) is 8.98. The number of ether oxygens (including phenoxy) is 14. The minimum Gasteiger partial charge on any atom is -0.458 e. The zero-order valence-corrected chi connectivity index (χ0v) is 51.5. The molecule has 33 atom stereocenters. The largest absolute Gasteiger partial charge is 0.458 e. The SMILES string of the molecule is COC1CC(OC2CCC3(C)C(CCC4(O)C3CC(OC(=O)c3ccccc3)C3(C)C(O)(C(C)O)CCC43O)C2)OC(C)C1OC1CC(OC)C(OC2OC(C)C(OC3OC(CO)C(OC4OC(CO)C(O)C(O)C4O)C(O)C3O)C(OC)C2O)C(C)O1. The molecule has 4 saturated carbocycles. The van der Waals surface area contributed by atoms with E-state index >= 15 is 0 Å². The lowest BCUT2D eigenvalue weighted by atomic mass is 9.40. The third kappa shape index (κ3) is 11.9. The summed E-state index contributed by atoms with van der Waals surface area (Å²) in [6.07, 6.45) is -27.4. The Balaban J connectivity index is 0.730.